The molecule has 8 nitrogen and oxygen atoms in total. The van der Waals surface area contributed by atoms with Crippen molar-refractivity contribution >= 4 is 21.9 Å². The smallest absolute Gasteiger partial charge is 0.338 e. The zero-order valence-electron chi connectivity index (χ0n) is 14.9. The van der Waals surface area contributed by atoms with Gasteiger partial charge in [-0.3, -0.25) is 4.79 Å². The van der Waals surface area contributed by atoms with Gasteiger partial charge in [0.25, 0.3) is 5.91 Å². The van der Waals surface area contributed by atoms with Crippen LogP contribution in [0.15, 0.2) is 29.2 Å². The number of hydrogen-bond acceptors (Lipinski definition) is 6. The predicted octanol–water partition coefficient (Wildman–Crippen LogP) is 0.902. The highest BCUT2D eigenvalue weighted by atomic mass is 32.2. The van der Waals surface area contributed by atoms with E-state index in [1.54, 1.807) is 6.92 Å². The number of hydrogen-bond donors (Lipinski definition) is 1. The Kier molecular flexibility index (Phi) is 5.68. The van der Waals surface area contributed by atoms with Crippen LogP contribution in [0.2, 0.25) is 0 Å². The van der Waals surface area contributed by atoms with Crippen molar-refractivity contribution < 1.29 is 22.7 Å². The molecule has 26 heavy (non-hydrogen) atoms. The molecule has 1 saturated carbocycles. The standard InChI is InChI=1S/C17H21N3O5S/c1-17(11-18,13-7-8-13)19-15(21)10-25-16(22)12-5-4-6-14(9-12)26(23,24)20(2)3/h4-6,9,13H,7-8,10H2,1-3H3,(H,19,21)/t17-/m0/s1. The molecule has 0 radical (unpaired) electrons. The van der Waals surface area contributed by atoms with Crippen LogP contribution in [0.5, 0.6) is 0 Å². The van der Waals surface area contributed by atoms with Crippen molar-refractivity contribution in [3.63, 3.8) is 0 Å². The van der Waals surface area contributed by atoms with Crippen molar-refractivity contribution in [1.82, 2.24) is 9.62 Å². The van der Waals surface area contributed by atoms with Gasteiger partial charge in [0.2, 0.25) is 10.0 Å². The van der Waals surface area contributed by atoms with Crippen LogP contribution >= 0.6 is 0 Å². The summed E-state index contributed by atoms with van der Waals surface area (Å²) in [7, 11) is -0.913. The molecular formula is C17H21N3O5S. The highest BCUT2D eigenvalue weighted by Crippen LogP contribution is 2.39. The molecule has 140 valence electrons. The maximum Gasteiger partial charge on any atom is 0.338 e. The predicted molar refractivity (Wildman–Crippen MR) is 92.5 cm³/mol. The van der Waals surface area contributed by atoms with E-state index in [1.807, 2.05) is 0 Å². The Morgan fingerprint density at radius 1 is 1.38 bits per heavy atom. The molecule has 0 bridgehead atoms. The number of nitrogens with one attached hydrogen (secondary N) is 1. The van der Waals surface area contributed by atoms with Crippen LogP contribution < -0.4 is 5.32 Å². The first kappa shape index (κ1) is 19.9. The first-order chi connectivity index (χ1) is 12.1. The van der Waals surface area contributed by atoms with Crippen molar-refractivity contribution in [2.24, 2.45) is 5.92 Å². The van der Waals surface area contributed by atoms with Crippen LogP contribution in [0.1, 0.15) is 30.1 Å². The highest BCUT2D eigenvalue weighted by Gasteiger charge is 2.43. The zero-order chi connectivity index (χ0) is 19.5. The molecule has 2 rings (SSSR count). The molecule has 1 fully saturated rings. The van der Waals surface area contributed by atoms with Crippen LogP contribution in [0.3, 0.4) is 0 Å². The summed E-state index contributed by atoms with van der Waals surface area (Å²) in [5.74, 6) is -1.28. The molecule has 0 saturated heterocycles. The number of rotatable bonds is 7. The van der Waals surface area contributed by atoms with Gasteiger partial charge in [0, 0.05) is 14.1 Å². The first-order valence-electron chi connectivity index (χ1n) is 8.02. The monoisotopic (exact) mass is 379 g/mol. The number of esters is 1. The lowest BCUT2D eigenvalue weighted by Gasteiger charge is -2.22. The maximum atomic E-state index is 12.1. The summed E-state index contributed by atoms with van der Waals surface area (Å²) >= 11 is 0. The topological polar surface area (TPSA) is 117 Å². The molecule has 1 N–H and O–H groups in total. The lowest BCUT2D eigenvalue weighted by molar-refractivity contribution is -0.125. The second-order valence-corrected chi connectivity index (χ2v) is 8.68. The molecule has 1 aromatic rings. The third-order valence-corrected chi connectivity index (χ3v) is 6.02. The van der Waals surface area contributed by atoms with Gasteiger partial charge in [-0.05, 0) is 43.9 Å². The summed E-state index contributed by atoms with van der Waals surface area (Å²) in [6, 6.07) is 7.47. The summed E-state index contributed by atoms with van der Waals surface area (Å²) in [6.45, 7) is 1.09. The van der Waals surface area contributed by atoms with Gasteiger partial charge in [0.05, 0.1) is 16.5 Å². The number of nitriles is 1. The van der Waals surface area contributed by atoms with Gasteiger partial charge in [0.1, 0.15) is 5.54 Å². The number of nitrogens with zero attached hydrogens (tertiary/aromatic N) is 2. The van der Waals surface area contributed by atoms with E-state index in [2.05, 4.69) is 11.4 Å². The number of amides is 1. The largest absolute Gasteiger partial charge is 0.452 e. The van der Waals surface area contributed by atoms with Crippen LogP contribution in [-0.2, 0) is 19.6 Å². The van der Waals surface area contributed by atoms with E-state index in [4.69, 9.17) is 4.74 Å². The van der Waals surface area contributed by atoms with Crippen molar-refractivity contribution in [1.29, 1.82) is 5.26 Å². The zero-order valence-corrected chi connectivity index (χ0v) is 15.7. The van der Waals surface area contributed by atoms with E-state index in [0.29, 0.717) is 0 Å². The highest BCUT2D eigenvalue weighted by molar-refractivity contribution is 7.89. The van der Waals surface area contributed by atoms with Gasteiger partial charge < -0.3 is 10.1 Å². The minimum Gasteiger partial charge on any atom is -0.452 e. The van der Waals surface area contributed by atoms with Crippen LogP contribution in [-0.4, -0.2) is 50.8 Å². The Morgan fingerprint density at radius 3 is 2.58 bits per heavy atom. The van der Waals surface area contributed by atoms with E-state index in [0.717, 1.165) is 17.1 Å². The van der Waals surface area contributed by atoms with Crippen LogP contribution in [0.4, 0.5) is 0 Å². The second-order valence-electron chi connectivity index (χ2n) is 6.53. The lowest BCUT2D eigenvalue weighted by Crippen LogP contribution is -2.48. The normalized spacial score (nSPS) is 16.4. The van der Waals surface area contributed by atoms with Crippen molar-refractivity contribution in [2.75, 3.05) is 20.7 Å². The van der Waals surface area contributed by atoms with Gasteiger partial charge in [-0.2, -0.15) is 5.26 Å². The summed E-state index contributed by atoms with van der Waals surface area (Å²) in [5, 5.41) is 11.8. The van der Waals surface area contributed by atoms with E-state index < -0.39 is 34.0 Å². The van der Waals surface area contributed by atoms with Crippen molar-refractivity contribution in [3.8, 4) is 6.07 Å². The van der Waals surface area contributed by atoms with Crippen molar-refractivity contribution in [2.45, 2.75) is 30.2 Å². The minimum atomic E-state index is -3.68. The number of carbonyl (C=O) groups excluding carboxylic acids is 2. The SMILES string of the molecule is CN(C)S(=O)(=O)c1cccc(C(=O)OCC(=O)N[C@@](C)(C#N)C2CC2)c1. The summed E-state index contributed by atoms with van der Waals surface area (Å²) in [6.07, 6.45) is 1.74. The molecule has 1 atom stereocenters. The molecule has 1 amide bonds. The Morgan fingerprint density at radius 2 is 2.04 bits per heavy atom. The fourth-order valence-corrected chi connectivity index (χ4v) is 3.36. The number of sulfonamides is 1. The van der Waals surface area contributed by atoms with E-state index in [1.165, 1.54) is 38.4 Å². The lowest BCUT2D eigenvalue weighted by atomic mass is 9.98. The quantitative estimate of drug-likeness (QED) is 0.704. The van der Waals surface area contributed by atoms with Gasteiger partial charge >= 0.3 is 5.97 Å². The van der Waals surface area contributed by atoms with Crippen molar-refractivity contribution in [3.05, 3.63) is 29.8 Å². The first-order valence-corrected chi connectivity index (χ1v) is 9.46. The number of ether oxygens (including phenoxy) is 1. The van der Waals surface area contributed by atoms with Gasteiger partial charge in [-0.15, -0.1) is 0 Å². The average Bonchev–Trinajstić information content (AvgIpc) is 3.45. The Balaban J connectivity index is 2.00. The molecule has 1 aliphatic rings. The average molecular weight is 379 g/mol. The van der Waals surface area contributed by atoms with Gasteiger partial charge in [0.15, 0.2) is 6.61 Å². The third-order valence-electron chi connectivity index (χ3n) is 4.21. The number of benzene rings is 1. The van der Waals surface area contributed by atoms with E-state index >= 15 is 0 Å². The summed E-state index contributed by atoms with van der Waals surface area (Å²) < 4.78 is 30.2. The molecule has 1 aromatic carbocycles. The van der Waals surface area contributed by atoms with Crippen LogP contribution in [0, 0.1) is 17.2 Å². The molecule has 0 aromatic heterocycles. The molecule has 1 aliphatic carbocycles. The molecule has 9 heteroatoms. The third kappa shape index (κ3) is 4.39. The molecule has 0 heterocycles. The van der Waals surface area contributed by atoms with E-state index in [-0.39, 0.29) is 16.4 Å². The van der Waals surface area contributed by atoms with Crippen LogP contribution in [0.25, 0.3) is 0 Å². The minimum absolute atomic E-state index is 0.0194. The Bertz CT molecular complexity index is 855. The fourth-order valence-electron chi connectivity index (χ4n) is 2.42. The second kappa shape index (κ2) is 7.43. The van der Waals surface area contributed by atoms with Gasteiger partial charge in [-0.1, -0.05) is 6.07 Å². The fraction of sp³-hybridized carbons (Fsp3) is 0.471. The maximum absolute atomic E-state index is 12.1. The van der Waals surface area contributed by atoms with Gasteiger partial charge in [-0.25, -0.2) is 17.5 Å². The molecular weight excluding hydrogens is 358 g/mol. The Hall–Kier alpha value is -2.44. The summed E-state index contributed by atoms with van der Waals surface area (Å²) in [5.41, 5.74) is -0.950. The number of carbonyl (C=O) groups is 2. The van der Waals surface area contributed by atoms with E-state index in [9.17, 15) is 23.3 Å². The molecule has 0 spiro atoms. The molecule has 0 aliphatic heterocycles. The summed E-state index contributed by atoms with van der Waals surface area (Å²) in [4.78, 5) is 24.0. The molecule has 0 unspecified atom stereocenters. The Labute approximate surface area is 152 Å².